The van der Waals surface area contributed by atoms with Crippen molar-refractivity contribution in [2.24, 2.45) is 0 Å². The maximum atomic E-state index is 4.31. The maximum absolute atomic E-state index is 4.31. The van der Waals surface area contributed by atoms with E-state index in [0.29, 0.717) is 0 Å². The molecule has 0 N–H and O–H groups in total. The molecule has 2 aromatic rings. The topological polar surface area (TPSA) is 19.4 Å². The van der Waals surface area contributed by atoms with Crippen molar-refractivity contribution in [1.82, 2.24) is 4.98 Å². The fourth-order valence-electron chi connectivity index (χ4n) is 1.75. The second kappa shape index (κ2) is 5.88. The van der Waals surface area contributed by atoms with Gasteiger partial charge < -0.3 is 9.62 Å². The number of pyridine rings is 1. The summed E-state index contributed by atoms with van der Waals surface area (Å²) in [6.45, 7) is 0. The minimum absolute atomic E-state index is 0. The van der Waals surface area contributed by atoms with E-state index in [1.54, 1.807) is 6.20 Å². The minimum Gasteiger partial charge on any atom is -0.374 e. The average Bonchev–Trinajstić information content (AvgIpc) is 2.90. The zero-order valence-corrected chi connectivity index (χ0v) is 11.9. The smallest absolute Gasteiger partial charge is 0.374 e. The molecule has 1 aliphatic heterocycles. The van der Waals surface area contributed by atoms with Gasteiger partial charge in [-0.3, -0.25) is 0 Å². The summed E-state index contributed by atoms with van der Waals surface area (Å²) in [5.74, 6) is 0.919. The van der Waals surface area contributed by atoms with Crippen LogP contribution >= 0.6 is 0 Å². The molecule has 0 unspecified atom stereocenters. The molecular weight excluding hydrogens is 404 g/mol. The molecule has 1 aromatic carbocycles. The predicted octanol–water partition coefficient (Wildman–Crippen LogP) is 2.41. The molecule has 18 heavy (non-hydrogen) atoms. The second-order valence-electron chi connectivity index (χ2n) is 3.75. The molecular formula is C13H11BN3Pt. The van der Waals surface area contributed by atoms with Gasteiger partial charge in [0.25, 0.3) is 0 Å². The van der Waals surface area contributed by atoms with Gasteiger partial charge in [-0.05, 0) is 24.3 Å². The van der Waals surface area contributed by atoms with Crippen molar-refractivity contribution in [1.29, 1.82) is 0 Å². The quantitative estimate of drug-likeness (QED) is 0.703. The van der Waals surface area contributed by atoms with E-state index in [-0.39, 0.29) is 21.1 Å². The Balaban J connectivity index is 0.00000120. The minimum atomic E-state index is 0. The van der Waals surface area contributed by atoms with Gasteiger partial charge in [0.15, 0.2) is 0 Å². The molecule has 3 rings (SSSR count). The van der Waals surface area contributed by atoms with Gasteiger partial charge in [0, 0.05) is 45.3 Å². The Morgan fingerprint density at radius 3 is 2.28 bits per heavy atom. The average molecular weight is 415 g/mol. The third-order valence-electron chi connectivity index (χ3n) is 2.60. The molecule has 0 saturated carbocycles. The first-order valence-corrected chi connectivity index (χ1v) is 5.49. The Labute approximate surface area is 122 Å². The van der Waals surface area contributed by atoms with E-state index in [9.17, 15) is 0 Å². The first-order valence-electron chi connectivity index (χ1n) is 5.49. The van der Waals surface area contributed by atoms with E-state index in [0.717, 1.165) is 11.5 Å². The van der Waals surface area contributed by atoms with Gasteiger partial charge in [-0.1, -0.05) is 24.3 Å². The summed E-state index contributed by atoms with van der Waals surface area (Å²) >= 11 is 0. The maximum Gasteiger partial charge on any atom is 0.401 e. The molecule has 0 saturated heterocycles. The van der Waals surface area contributed by atoms with Gasteiger partial charge in [-0.25, -0.2) is 4.98 Å². The Morgan fingerprint density at radius 2 is 1.56 bits per heavy atom. The number of aromatic nitrogens is 1. The Bertz CT molecular complexity index is 471. The van der Waals surface area contributed by atoms with Crippen LogP contribution in [0.15, 0.2) is 67.1 Å². The fourth-order valence-corrected chi connectivity index (χ4v) is 1.75. The van der Waals surface area contributed by atoms with E-state index in [4.69, 9.17) is 0 Å². The molecule has 2 heterocycles. The SMILES string of the molecule is [B]1N(c2ccccc2)C=CN1c1ccccn1.[Pt]. The number of benzene rings is 1. The van der Waals surface area contributed by atoms with Gasteiger partial charge in [-0.2, -0.15) is 0 Å². The zero-order chi connectivity index (χ0) is 11.5. The van der Waals surface area contributed by atoms with Crippen molar-refractivity contribution in [3.05, 3.63) is 67.1 Å². The van der Waals surface area contributed by atoms with E-state index in [1.807, 2.05) is 61.2 Å². The van der Waals surface area contributed by atoms with Crippen molar-refractivity contribution in [2.75, 3.05) is 9.62 Å². The Hall–Kier alpha value is -1.54. The summed E-state index contributed by atoms with van der Waals surface area (Å²) < 4.78 is 0. The second-order valence-corrected chi connectivity index (χ2v) is 3.75. The number of para-hydroxylation sites is 1. The van der Waals surface area contributed by atoms with Gasteiger partial charge in [0.2, 0.25) is 0 Å². The molecule has 1 aromatic heterocycles. The van der Waals surface area contributed by atoms with Crippen molar-refractivity contribution in [2.45, 2.75) is 0 Å². The number of nitrogens with zero attached hydrogens (tertiary/aromatic N) is 3. The van der Waals surface area contributed by atoms with Gasteiger partial charge >= 0.3 is 7.55 Å². The fraction of sp³-hybridized carbons (Fsp3) is 0. The molecule has 0 amide bonds. The molecule has 1 aliphatic rings. The van der Waals surface area contributed by atoms with Crippen molar-refractivity contribution in [3.8, 4) is 0 Å². The van der Waals surface area contributed by atoms with Crippen molar-refractivity contribution < 1.29 is 21.1 Å². The molecule has 0 spiro atoms. The summed E-state index contributed by atoms with van der Waals surface area (Å²) in [5.41, 5.74) is 1.14. The number of hydrogen-bond acceptors (Lipinski definition) is 3. The van der Waals surface area contributed by atoms with Crippen LogP contribution in [0.4, 0.5) is 11.5 Å². The van der Waals surface area contributed by atoms with E-state index < -0.39 is 0 Å². The van der Waals surface area contributed by atoms with Crippen LogP contribution in [0.5, 0.6) is 0 Å². The summed E-state index contributed by atoms with van der Waals surface area (Å²) in [4.78, 5) is 8.36. The van der Waals surface area contributed by atoms with Crippen LogP contribution in [-0.4, -0.2) is 12.5 Å². The molecule has 0 bridgehead atoms. The molecule has 0 aliphatic carbocycles. The van der Waals surface area contributed by atoms with Crippen molar-refractivity contribution in [3.63, 3.8) is 0 Å². The molecule has 91 valence electrons. The van der Waals surface area contributed by atoms with Crippen LogP contribution in [0.3, 0.4) is 0 Å². The zero-order valence-electron chi connectivity index (χ0n) is 9.59. The molecule has 1 radical (unpaired) electrons. The first-order chi connectivity index (χ1) is 8.43. The predicted molar refractivity (Wildman–Crippen MR) is 70.5 cm³/mol. The van der Waals surface area contributed by atoms with E-state index >= 15 is 0 Å². The van der Waals surface area contributed by atoms with Gasteiger partial charge in [0.1, 0.15) is 5.82 Å². The first kappa shape index (κ1) is 12.9. The molecule has 5 heteroatoms. The van der Waals surface area contributed by atoms with Crippen LogP contribution in [0.25, 0.3) is 0 Å². The molecule has 0 fully saturated rings. The summed E-state index contributed by atoms with van der Waals surface area (Å²) in [7, 11) is 2.01. The largest absolute Gasteiger partial charge is 0.401 e. The van der Waals surface area contributed by atoms with Crippen LogP contribution in [0.1, 0.15) is 0 Å². The van der Waals surface area contributed by atoms with Gasteiger partial charge in [-0.15, -0.1) is 0 Å². The molecule has 0 atom stereocenters. The van der Waals surface area contributed by atoms with Crippen LogP contribution in [-0.2, 0) is 21.1 Å². The summed E-state index contributed by atoms with van der Waals surface area (Å²) in [6, 6.07) is 16.1. The normalized spacial score (nSPS) is 13.1. The monoisotopic (exact) mass is 415 g/mol. The Kier molecular flexibility index (Phi) is 4.21. The Morgan fingerprint density at radius 1 is 0.833 bits per heavy atom. The standard InChI is InChI=1S/C13H11BN3.Pt/c1-2-6-12(7-3-1)16-10-11-17(14-16)13-8-4-5-9-15-13;/h1-11H;. The van der Waals surface area contributed by atoms with E-state index in [1.165, 1.54) is 0 Å². The van der Waals surface area contributed by atoms with Crippen LogP contribution in [0.2, 0.25) is 0 Å². The summed E-state index contributed by atoms with van der Waals surface area (Å²) in [6.07, 6.45) is 5.81. The molecule has 3 nitrogen and oxygen atoms in total. The third kappa shape index (κ3) is 2.65. The van der Waals surface area contributed by atoms with Crippen LogP contribution < -0.4 is 9.62 Å². The number of hydrogen-bond donors (Lipinski definition) is 0. The van der Waals surface area contributed by atoms with Gasteiger partial charge in [0.05, 0.1) is 0 Å². The summed E-state index contributed by atoms with van der Waals surface area (Å²) in [5, 5.41) is 0. The number of anilines is 2. The van der Waals surface area contributed by atoms with Crippen molar-refractivity contribution >= 4 is 19.1 Å². The van der Waals surface area contributed by atoms with Crippen LogP contribution in [0, 0.1) is 0 Å². The third-order valence-corrected chi connectivity index (χ3v) is 2.60. The van der Waals surface area contributed by atoms with E-state index in [2.05, 4.69) is 21.9 Å². The number of rotatable bonds is 2.